The van der Waals surface area contributed by atoms with Gasteiger partial charge in [-0.25, -0.2) is 9.78 Å². The van der Waals surface area contributed by atoms with E-state index >= 15 is 0 Å². The Hall–Kier alpha value is -1.85. The molecule has 16 heavy (non-hydrogen) atoms. The first-order valence-corrected chi connectivity index (χ1v) is 4.73. The Bertz CT molecular complexity index is 384. The van der Waals surface area contributed by atoms with Crippen LogP contribution in [-0.4, -0.2) is 39.5 Å². The minimum Gasteiger partial charge on any atom is -0.480 e. The van der Waals surface area contributed by atoms with Crippen LogP contribution in [0.25, 0.3) is 0 Å². The summed E-state index contributed by atoms with van der Waals surface area (Å²) in [6, 6.07) is 0. The minimum atomic E-state index is -1.24. The van der Waals surface area contributed by atoms with Crippen LogP contribution in [0.3, 0.4) is 0 Å². The van der Waals surface area contributed by atoms with E-state index in [9.17, 15) is 9.59 Å². The third kappa shape index (κ3) is 2.39. The SMILES string of the molecule is CN(C(=O)Cc1cocn1)C(C)(C)C(=O)O. The molecule has 1 amide bonds. The van der Waals surface area contributed by atoms with Gasteiger partial charge in [0.05, 0.1) is 12.1 Å². The summed E-state index contributed by atoms with van der Waals surface area (Å²) in [5.41, 5.74) is -0.751. The number of likely N-dealkylation sites (N-methyl/N-ethyl adjacent to an activating group) is 1. The van der Waals surface area contributed by atoms with Crippen molar-refractivity contribution in [1.29, 1.82) is 0 Å². The second kappa shape index (κ2) is 4.34. The molecule has 1 N–H and O–H groups in total. The van der Waals surface area contributed by atoms with Crippen molar-refractivity contribution in [2.24, 2.45) is 0 Å². The molecule has 0 aliphatic carbocycles. The molecular weight excluding hydrogens is 212 g/mol. The second-order valence-corrected chi connectivity index (χ2v) is 3.97. The number of carbonyl (C=O) groups excluding carboxylic acids is 1. The maximum atomic E-state index is 11.7. The molecule has 0 saturated carbocycles. The molecule has 0 aliphatic rings. The van der Waals surface area contributed by atoms with Crippen LogP contribution < -0.4 is 0 Å². The molecule has 0 aromatic carbocycles. The smallest absolute Gasteiger partial charge is 0.329 e. The largest absolute Gasteiger partial charge is 0.480 e. The molecule has 0 spiro atoms. The number of carbonyl (C=O) groups is 2. The highest BCUT2D eigenvalue weighted by Gasteiger charge is 2.35. The minimum absolute atomic E-state index is 0.0315. The van der Waals surface area contributed by atoms with Gasteiger partial charge in [0.2, 0.25) is 5.91 Å². The van der Waals surface area contributed by atoms with Gasteiger partial charge in [-0.2, -0.15) is 0 Å². The number of carboxylic acid groups (broad SMARTS) is 1. The Morgan fingerprint density at radius 3 is 2.62 bits per heavy atom. The highest BCUT2D eigenvalue weighted by Crippen LogP contribution is 2.14. The molecule has 88 valence electrons. The van der Waals surface area contributed by atoms with Gasteiger partial charge in [-0.15, -0.1) is 0 Å². The van der Waals surface area contributed by atoms with Gasteiger partial charge in [0.25, 0.3) is 0 Å². The summed E-state index contributed by atoms with van der Waals surface area (Å²) in [4.78, 5) is 27.7. The van der Waals surface area contributed by atoms with Crippen LogP contribution in [-0.2, 0) is 16.0 Å². The monoisotopic (exact) mass is 226 g/mol. The molecule has 6 heteroatoms. The number of hydrogen-bond acceptors (Lipinski definition) is 4. The van der Waals surface area contributed by atoms with Crippen LogP contribution in [0.1, 0.15) is 19.5 Å². The molecule has 6 nitrogen and oxygen atoms in total. The van der Waals surface area contributed by atoms with E-state index < -0.39 is 11.5 Å². The maximum absolute atomic E-state index is 11.7. The van der Waals surface area contributed by atoms with Crippen LogP contribution in [0.2, 0.25) is 0 Å². The fraction of sp³-hybridized carbons (Fsp3) is 0.500. The lowest BCUT2D eigenvalue weighted by Gasteiger charge is -2.31. The summed E-state index contributed by atoms with van der Waals surface area (Å²) in [5.74, 6) is -1.37. The van der Waals surface area contributed by atoms with Crippen LogP contribution in [0.15, 0.2) is 17.1 Å². The third-order valence-corrected chi connectivity index (χ3v) is 2.55. The number of aromatic nitrogens is 1. The molecule has 0 fully saturated rings. The van der Waals surface area contributed by atoms with Crippen molar-refractivity contribution in [1.82, 2.24) is 9.88 Å². The summed E-state index contributed by atoms with van der Waals surface area (Å²) in [5, 5.41) is 8.96. The second-order valence-electron chi connectivity index (χ2n) is 3.97. The van der Waals surface area contributed by atoms with Gasteiger partial charge in [-0.3, -0.25) is 4.79 Å². The molecule has 1 rings (SSSR count). The summed E-state index contributed by atoms with van der Waals surface area (Å²) >= 11 is 0. The normalized spacial score (nSPS) is 11.2. The number of amides is 1. The molecule has 0 unspecified atom stereocenters. The summed E-state index contributed by atoms with van der Waals surface area (Å²) in [7, 11) is 1.45. The average molecular weight is 226 g/mol. The predicted molar refractivity (Wildman–Crippen MR) is 54.7 cm³/mol. The van der Waals surface area contributed by atoms with Crippen molar-refractivity contribution in [3.8, 4) is 0 Å². The zero-order valence-electron chi connectivity index (χ0n) is 9.43. The molecule has 0 radical (unpaired) electrons. The van der Waals surface area contributed by atoms with Crippen molar-refractivity contribution in [2.45, 2.75) is 25.8 Å². The zero-order chi connectivity index (χ0) is 12.3. The number of oxazole rings is 1. The lowest BCUT2D eigenvalue weighted by molar-refractivity contribution is -0.155. The molecule has 0 saturated heterocycles. The summed E-state index contributed by atoms with van der Waals surface area (Å²) in [6.07, 6.45) is 2.62. The van der Waals surface area contributed by atoms with E-state index in [4.69, 9.17) is 9.52 Å². The van der Waals surface area contributed by atoms with Gasteiger partial charge >= 0.3 is 5.97 Å². The van der Waals surface area contributed by atoms with Gasteiger partial charge in [-0.1, -0.05) is 0 Å². The lowest BCUT2D eigenvalue weighted by atomic mass is 10.0. The Balaban J connectivity index is 2.71. The maximum Gasteiger partial charge on any atom is 0.329 e. The van der Waals surface area contributed by atoms with E-state index in [1.165, 1.54) is 38.5 Å². The van der Waals surface area contributed by atoms with Crippen molar-refractivity contribution in [2.75, 3.05) is 7.05 Å². The van der Waals surface area contributed by atoms with Gasteiger partial charge in [-0.05, 0) is 13.8 Å². The first kappa shape index (κ1) is 12.2. The van der Waals surface area contributed by atoms with Crippen molar-refractivity contribution < 1.29 is 19.1 Å². The first-order valence-electron chi connectivity index (χ1n) is 4.73. The Morgan fingerprint density at radius 1 is 1.56 bits per heavy atom. The quantitative estimate of drug-likeness (QED) is 0.810. The molecular formula is C10H14N2O4. The van der Waals surface area contributed by atoms with E-state index in [0.717, 1.165) is 0 Å². The van der Waals surface area contributed by atoms with Crippen molar-refractivity contribution >= 4 is 11.9 Å². The molecule has 0 atom stereocenters. The molecule has 0 aliphatic heterocycles. The number of carboxylic acids is 1. The van der Waals surface area contributed by atoms with Gasteiger partial charge < -0.3 is 14.4 Å². The molecule has 0 bridgehead atoms. The summed E-state index contributed by atoms with van der Waals surface area (Å²) < 4.78 is 4.73. The standard InChI is InChI=1S/C10H14N2O4/c1-10(2,9(14)15)12(3)8(13)4-7-5-16-6-11-7/h5-6H,4H2,1-3H3,(H,14,15). The van der Waals surface area contributed by atoms with E-state index in [-0.39, 0.29) is 12.3 Å². The van der Waals surface area contributed by atoms with Crippen LogP contribution >= 0.6 is 0 Å². The van der Waals surface area contributed by atoms with Crippen molar-refractivity contribution in [3.05, 3.63) is 18.4 Å². The van der Waals surface area contributed by atoms with E-state index in [0.29, 0.717) is 5.69 Å². The van der Waals surface area contributed by atoms with Gasteiger partial charge in [0.15, 0.2) is 6.39 Å². The van der Waals surface area contributed by atoms with E-state index in [1.54, 1.807) is 0 Å². The van der Waals surface area contributed by atoms with Crippen LogP contribution in [0.4, 0.5) is 0 Å². The fourth-order valence-electron chi connectivity index (χ4n) is 1.05. The van der Waals surface area contributed by atoms with Crippen molar-refractivity contribution in [3.63, 3.8) is 0 Å². The topological polar surface area (TPSA) is 83.6 Å². The van der Waals surface area contributed by atoms with Gasteiger partial charge in [0, 0.05) is 7.05 Å². The van der Waals surface area contributed by atoms with E-state index in [2.05, 4.69) is 4.98 Å². The Morgan fingerprint density at radius 2 is 2.19 bits per heavy atom. The lowest BCUT2D eigenvalue weighted by Crippen LogP contribution is -2.51. The Kier molecular flexibility index (Phi) is 3.31. The third-order valence-electron chi connectivity index (χ3n) is 2.55. The first-order chi connectivity index (χ1) is 7.35. The number of hydrogen-bond donors (Lipinski definition) is 1. The van der Waals surface area contributed by atoms with Gasteiger partial charge in [0.1, 0.15) is 11.8 Å². The zero-order valence-corrected chi connectivity index (χ0v) is 9.43. The molecule has 1 heterocycles. The van der Waals surface area contributed by atoms with Crippen LogP contribution in [0, 0.1) is 0 Å². The predicted octanol–water partition coefficient (Wildman–Crippen LogP) is 0.539. The fourth-order valence-corrected chi connectivity index (χ4v) is 1.05. The number of aliphatic carboxylic acids is 1. The highest BCUT2D eigenvalue weighted by atomic mass is 16.4. The van der Waals surface area contributed by atoms with E-state index in [1.807, 2.05) is 0 Å². The Labute approximate surface area is 92.9 Å². The molecule has 1 aromatic heterocycles. The number of rotatable bonds is 4. The summed E-state index contributed by atoms with van der Waals surface area (Å²) in [6.45, 7) is 2.94. The molecule has 1 aromatic rings. The highest BCUT2D eigenvalue weighted by molar-refractivity contribution is 5.86. The van der Waals surface area contributed by atoms with Crippen LogP contribution in [0.5, 0.6) is 0 Å². The average Bonchev–Trinajstić information content (AvgIpc) is 2.68. The number of nitrogens with zero attached hydrogens (tertiary/aromatic N) is 2.